The third-order valence-electron chi connectivity index (χ3n) is 2.19. The van der Waals surface area contributed by atoms with Gasteiger partial charge in [-0.25, -0.2) is 0 Å². The van der Waals surface area contributed by atoms with Gasteiger partial charge in [-0.15, -0.1) is 0 Å². The van der Waals surface area contributed by atoms with E-state index in [1.54, 1.807) is 0 Å². The molecule has 5 heteroatoms. The van der Waals surface area contributed by atoms with Crippen LogP contribution in [-0.2, 0) is 19.0 Å². The van der Waals surface area contributed by atoms with Gasteiger partial charge in [0.15, 0.2) is 0 Å². The molecular weight excluding hydrogens is 234 g/mol. The fraction of sp³-hybridized carbons (Fsp3) is 0.769. The smallest absolute Gasteiger partial charge is 0.136 e. The Hall–Kier alpha value is -1.09. The summed E-state index contributed by atoms with van der Waals surface area (Å²) in [6, 6.07) is 0. The predicted molar refractivity (Wildman–Crippen MR) is 69.0 cm³/mol. The van der Waals surface area contributed by atoms with Crippen LogP contribution in [0.1, 0.15) is 25.7 Å². The minimum absolute atomic E-state index is 0.177. The number of rotatable bonds is 13. The summed E-state index contributed by atoms with van der Waals surface area (Å²) in [6.07, 6.45) is 9.58. The lowest BCUT2D eigenvalue weighted by atomic mass is 10.1. The van der Waals surface area contributed by atoms with Crippen molar-refractivity contribution in [2.45, 2.75) is 25.7 Å². The van der Waals surface area contributed by atoms with E-state index in [1.807, 2.05) is 6.11 Å². The molecule has 0 rings (SSSR count). The summed E-state index contributed by atoms with van der Waals surface area (Å²) in [5.41, 5.74) is 5.26. The molecule has 0 spiro atoms. The lowest BCUT2D eigenvalue weighted by Gasteiger charge is -2.04. The van der Waals surface area contributed by atoms with Gasteiger partial charge in [-0.05, 0) is 12.8 Å². The standard InChI is InChI=1S/C13H23NO4/c1-2-16-9-6-13(15)5-3-4-8-17-11-12-18-10-7-14/h1H,3-12,14H2. The Morgan fingerprint density at radius 1 is 1.00 bits per heavy atom. The van der Waals surface area contributed by atoms with Crippen LogP contribution in [0.25, 0.3) is 0 Å². The van der Waals surface area contributed by atoms with E-state index < -0.39 is 0 Å². The molecule has 0 fully saturated rings. The third kappa shape index (κ3) is 13.0. The fourth-order valence-corrected chi connectivity index (χ4v) is 1.28. The highest BCUT2D eigenvalue weighted by Crippen LogP contribution is 2.00. The Morgan fingerprint density at radius 3 is 2.39 bits per heavy atom. The number of unbranched alkanes of at least 4 members (excludes halogenated alkanes) is 1. The topological polar surface area (TPSA) is 70.8 Å². The number of carbonyl (C=O) groups is 1. The lowest BCUT2D eigenvalue weighted by molar-refractivity contribution is -0.119. The summed E-state index contributed by atoms with van der Waals surface area (Å²) in [5, 5.41) is 0. The van der Waals surface area contributed by atoms with Gasteiger partial charge in [-0.2, -0.15) is 0 Å². The zero-order valence-corrected chi connectivity index (χ0v) is 10.9. The number of ether oxygens (including phenoxy) is 3. The van der Waals surface area contributed by atoms with Crippen molar-refractivity contribution in [2.24, 2.45) is 5.73 Å². The molecule has 0 heterocycles. The van der Waals surface area contributed by atoms with Crippen LogP contribution < -0.4 is 5.73 Å². The van der Waals surface area contributed by atoms with Crippen molar-refractivity contribution in [3.63, 3.8) is 0 Å². The SMILES string of the molecule is C#COCCC(=O)CCCCOCCOCCN. The number of carbonyl (C=O) groups excluding carboxylic acids is 1. The maximum absolute atomic E-state index is 11.3. The van der Waals surface area contributed by atoms with Crippen molar-refractivity contribution in [3.8, 4) is 12.5 Å². The minimum Gasteiger partial charge on any atom is -0.446 e. The van der Waals surface area contributed by atoms with Crippen molar-refractivity contribution in [3.05, 3.63) is 0 Å². The van der Waals surface area contributed by atoms with Crippen molar-refractivity contribution in [1.29, 1.82) is 0 Å². The van der Waals surface area contributed by atoms with E-state index in [4.69, 9.17) is 21.6 Å². The Morgan fingerprint density at radius 2 is 1.72 bits per heavy atom. The van der Waals surface area contributed by atoms with Crippen LogP contribution in [0.2, 0.25) is 0 Å². The minimum atomic E-state index is 0.177. The first-order chi connectivity index (χ1) is 8.81. The van der Waals surface area contributed by atoms with Gasteiger partial charge in [0.05, 0.1) is 19.8 Å². The molecule has 0 aliphatic carbocycles. The molecule has 0 aromatic carbocycles. The summed E-state index contributed by atoms with van der Waals surface area (Å²) < 4.78 is 15.1. The second kappa shape index (κ2) is 14.0. The number of terminal acetylenes is 1. The van der Waals surface area contributed by atoms with Gasteiger partial charge in [0.25, 0.3) is 0 Å². The molecule has 2 N–H and O–H groups in total. The summed E-state index contributed by atoms with van der Waals surface area (Å²) in [7, 11) is 0. The summed E-state index contributed by atoms with van der Waals surface area (Å²) in [6.45, 7) is 3.21. The van der Waals surface area contributed by atoms with E-state index in [0.29, 0.717) is 52.4 Å². The number of ketones is 1. The largest absolute Gasteiger partial charge is 0.446 e. The Kier molecular flexibility index (Phi) is 13.1. The second-order valence-electron chi connectivity index (χ2n) is 3.73. The van der Waals surface area contributed by atoms with E-state index in [9.17, 15) is 4.79 Å². The van der Waals surface area contributed by atoms with E-state index in [-0.39, 0.29) is 5.78 Å². The molecule has 0 saturated heterocycles. The first-order valence-electron chi connectivity index (χ1n) is 6.26. The van der Waals surface area contributed by atoms with Crippen LogP contribution in [0, 0.1) is 12.5 Å². The molecule has 0 saturated carbocycles. The summed E-state index contributed by atoms with van der Waals surface area (Å²) >= 11 is 0. The molecule has 0 aromatic rings. The van der Waals surface area contributed by atoms with Crippen molar-refractivity contribution >= 4 is 5.78 Å². The molecule has 0 aromatic heterocycles. The molecule has 0 bridgehead atoms. The van der Waals surface area contributed by atoms with E-state index in [1.165, 1.54) is 0 Å². The van der Waals surface area contributed by atoms with Gasteiger partial charge in [0.2, 0.25) is 0 Å². The lowest BCUT2D eigenvalue weighted by Crippen LogP contribution is -2.12. The zero-order chi connectivity index (χ0) is 13.5. The highest BCUT2D eigenvalue weighted by atomic mass is 16.5. The van der Waals surface area contributed by atoms with Gasteiger partial charge < -0.3 is 19.9 Å². The highest BCUT2D eigenvalue weighted by Gasteiger charge is 2.01. The van der Waals surface area contributed by atoms with Crippen molar-refractivity contribution in [2.75, 3.05) is 39.6 Å². The molecule has 0 aliphatic rings. The van der Waals surface area contributed by atoms with Gasteiger partial charge in [-0.3, -0.25) is 4.79 Å². The van der Waals surface area contributed by atoms with Crippen LogP contribution in [0.4, 0.5) is 0 Å². The van der Waals surface area contributed by atoms with Crippen molar-refractivity contribution in [1.82, 2.24) is 0 Å². The van der Waals surface area contributed by atoms with E-state index in [0.717, 1.165) is 12.8 Å². The van der Waals surface area contributed by atoms with Gasteiger partial charge >= 0.3 is 0 Å². The number of hydrogen-bond donors (Lipinski definition) is 1. The zero-order valence-electron chi connectivity index (χ0n) is 10.9. The summed E-state index contributed by atoms with van der Waals surface area (Å²) in [4.78, 5) is 11.3. The maximum atomic E-state index is 11.3. The first kappa shape index (κ1) is 16.9. The van der Waals surface area contributed by atoms with Crippen LogP contribution in [0.5, 0.6) is 0 Å². The average molecular weight is 257 g/mol. The monoisotopic (exact) mass is 257 g/mol. The van der Waals surface area contributed by atoms with Gasteiger partial charge in [-0.1, -0.05) is 6.42 Å². The fourth-order valence-electron chi connectivity index (χ4n) is 1.28. The average Bonchev–Trinajstić information content (AvgIpc) is 2.37. The van der Waals surface area contributed by atoms with Crippen LogP contribution in [0.15, 0.2) is 0 Å². The van der Waals surface area contributed by atoms with Crippen LogP contribution in [0.3, 0.4) is 0 Å². The predicted octanol–water partition coefficient (Wildman–Crippen LogP) is 0.715. The molecule has 0 radical (unpaired) electrons. The second-order valence-corrected chi connectivity index (χ2v) is 3.73. The van der Waals surface area contributed by atoms with E-state index in [2.05, 4.69) is 4.74 Å². The quantitative estimate of drug-likeness (QED) is 0.389. The number of Topliss-reactive ketones (excluding diaryl/α,β-unsaturated/α-hetero) is 1. The number of nitrogens with two attached hydrogens (primary N) is 1. The normalized spacial score (nSPS) is 10.0. The molecule has 0 amide bonds. The molecule has 18 heavy (non-hydrogen) atoms. The molecule has 0 aliphatic heterocycles. The first-order valence-corrected chi connectivity index (χ1v) is 6.26. The van der Waals surface area contributed by atoms with Crippen LogP contribution in [-0.4, -0.2) is 45.4 Å². The Labute approximate surface area is 109 Å². The molecule has 5 nitrogen and oxygen atoms in total. The van der Waals surface area contributed by atoms with E-state index >= 15 is 0 Å². The van der Waals surface area contributed by atoms with Gasteiger partial charge in [0, 0.05) is 26.0 Å². The highest BCUT2D eigenvalue weighted by molar-refractivity contribution is 5.78. The van der Waals surface area contributed by atoms with Gasteiger partial charge in [0.1, 0.15) is 18.5 Å². The maximum Gasteiger partial charge on any atom is 0.136 e. The number of hydrogen-bond acceptors (Lipinski definition) is 5. The summed E-state index contributed by atoms with van der Waals surface area (Å²) in [5.74, 6) is 0.177. The van der Waals surface area contributed by atoms with Crippen molar-refractivity contribution < 1.29 is 19.0 Å². The molecular formula is C13H23NO4. The third-order valence-corrected chi connectivity index (χ3v) is 2.19. The molecule has 104 valence electrons. The van der Waals surface area contributed by atoms with Crippen LogP contribution >= 0.6 is 0 Å². The Balaban J connectivity index is 3.10. The molecule has 0 unspecified atom stereocenters. The molecule has 0 atom stereocenters. The Bertz CT molecular complexity index is 238.